The fourth-order valence-electron chi connectivity index (χ4n) is 3.34. The number of hydrogen-bond acceptors (Lipinski definition) is 6. The molecule has 0 unspecified atom stereocenters. The van der Waals surface area contributed by atoms with Crippen LogP contribution in [0.25, 0.3) is 6.08 Å². The number of methoxy groups -OCH3 is 1. The molecule has 0 aromatic heterocycles. The highest BCUT2D eigenvalue weighted by molar-refractivity contribution is 8.18. The predicted octanol–water partition coefficient (Wildman–Crippen LogP) is 5.60. The van der Waals surface area contributed by atoms with Crippen LogP contribution >= 0.6 is 23.4 Å². The number of rotatable bonds is 8. The SMILES string of the molecule is COc1cccc(/C=C2/SC(=O)N(CC(=O)Nc3ccccc3)C2=O)c1OCc1ccc(Cl)cc1. The van der Waals surface area contributed by atoms with Gasteiger partial charge in [0, 0.05) is 16.3 Å². The lowest BCUT2D eigenvalue weighted by Crippen LogP contribution is -2.36. The molecular formula is C26H21ClN2O5S. The smallest absolute Gasteiger partial charge is 0.294 e. The lowest BCUT2D eigenvalue weighted by atomic mass is 10.1. The van der Waals surface area contributed by atoms with Crippen molar-refractivity contribution >= 4 is 52.2 Å². The van der Waals surface area contributed by atoms with Gasteiger partial charge in [0.2, 0.25) is 5.91 Å². The molecule has 0 aliphatic carbocycles. The first kappa shape index (κ1) is 24.4. The number of amides is 3. The van der Waals surface area contributed by atoms with E-state index in [0.29, 0.717) is 27.8 Å². The molecule has 1 N–H and O–H groups in total. The summed E-state index contributed by atoms with van der Waals surface area (Å²) in [5, 5.41) is 2.78. The van der Waals surface area contributed by atoms with Crippen molar-refractivity contribution in [2.75, 3.05) is 19.0 Å². The van der Waals surface area contributed by atoms with Crippen molar-refractivity contribution in [3.63, 3.8) is 0 Å². The molecule has 9 heteroatoms. The molecule has 35 heavy (non-hydrogen) atoms. The molecule has 1 fully saturated rings. The van der Waals surface area contributed by atoms with Crippen LogP contribution in [-0.2, 0) is 16.2 Å². The van der Waals surface area contributed by atoms with Gasteiger partial charge in [-0.2, -0.15) is 0 Å². The highest BCUT2D eigenvalue weighted by Crippen LogP contribution is 2.37. The zero-order chi connectivity index (χ0) is 24.8. The lowest BCUT2D eigenvalue weighted by molar-refractivity contribution is -0.127. The lowest BCUT2D eigenvalue weighted by Gasteiger charge is -2.14. The summed E-state index contributed by atoms with van der Waals surface area (Å²) in [6, 6.07) is 21.3. The fraction of sp³-hybridized carbons (Fsp3) is 0.115. The van der Waals surface area contributed by atoms with Crippen LogP contribution in [0.5, 0.6) is 11.5 Å². The van der Waals surface area contributed by atoms with Gasteiger partial charge < -0.3 is 14.8 Å². The van der Waals surface area contributed by atoms with Crippen molar-refractivity contribution in [1.82, 2.24) is 4.90 Å². The summed E-state index contributed by atoms with van der Waals surface area (Å²) in [7, 11) is 1.52. The van der Waals surface area contributed by atoms with E-state index in [2.05, 4.69) is 5.32 Å². The highest BCUT2D eigenvalue weighted by atomic mass is 35.5. The number of para-hydroxylation sites is 2. The van der Waals surface area contributed by atoms with Gasteiger partial charge >= 0.3 is 0 Å². The number of thioether (sulfide) groups is 1. The molecule has 0 radical (unpaired) electrons. The number of imide groups is 1. The van der Waals surface area contributed by atoms with E-state index >= 15 is 0 Å². The molecule has 0 saturated carbocycles. The molecule has 0 bridgehead atoms. The first-order chi connectivity index (χ1) is 16.9. The maximum absolute atomic E-state index is 12.9. The van der Waals surface area contributed by atoms with Crippen LogP contribution in [0.2, 0.25) is 5.02 Å². The number of ether oxygens (including phenoxy) is 2. The van der Waals surface area contributed by atoms with Gasteiger partial charge in [-0.15, -0.1) is 0 Å². The fourth-order valence-corrected chi connectivity index (χ4v) is 4.30. The molecule has 3 aromatic rings. The Labute approximate surface area is 211 Å². The van der Waals surface area contributed by atoms with E-state index in [1.54, 1.807) is 60.7 Å². The molecule has 3 amide bonds. The molecule has 0 spiro atoms. The molecule has 4 rings (SSSR count). The third-order valence-corrected chi connectivity index (χ3v) is 6.20. The maximum Gasteiger partial charge on any atom is 0.294 e. The van der Waals surface area contributed by atoms with Gasteiger partial charge in [0.05, 0.1) is 12.0 Å². The summed E-state index contributed by atoms with van der Waals surface area (Å²) in [4.78, 5) is 38.9. The van der Waals surface area contributed by atoms with E-state index in [0.717, 1.165) is 22.2 Å². The van der Waals surface area contributed by atoms with Crippen molar-refractivity contribution < 1.29 is 23.9 Å². The minimum absolute atomic E-state index is 0.187. The van der Waals surface area contributed by atoms with Gasteiger partial charge in [0.15, 0.2) is 11.5 Å². The molecule has 1 saturated heterocycles. The number of carbonyl (C=O) groups excluding carboxylic acids is 3. The van der Waals surface area contributed by atoms with Crippen molar-refractivity contribution in [3.05, 3.63) is 93.9 Å². The third-order valence-electron chi connectivity index (χ3n) is 5.05. The summed E-state index contributed by atoms with van der Waals surface area (Å²) in [6.07, 6.45) is 1.57. The topological polar surface area (TPSA) is 84.9 Å². The summed E-state index contributed by atoms with van der Waals surface area (Å²) in [6.45, 7) is -0.131. The monoisotopic (exact) mass is 508 g/mol. The van der Waals surface area contributed by atoms with Gasteiger partial charge in [-0.3, -0.25) is 19.3 Å². The average molecular weight is 509 g/mol. The van der Waals surface area contributed by atoms with E-state index in [1.807, 2.05) is 18.2 Å². The quantitative estimate of drug-likeness (QED) is 0.398. The van der Waals surface area contributed by atoms with Crippen LogP contribution in [-0.4, -0.2) is 35.6 Å². The van der Waals surface area contributed by atoms with Crippen molar-refractivity contribution in [2.24, 2.45) is 0 Å². The first-order valence-electron chi connectivity index (χ1n) is 10.6. The molecule has 1 heterocycles. The largest absolute Gasteiger partial charge is 0.493 e. The molecule has 1 aliphatic rings. The molecule has 0 atom stereocenters. The summed E-state index contributed by atoms with van der Waals surface area (Å²) in [5.41, 5.74) is 2.05. The number of nitrogens with one attached hydrogen (secondary N) is 1. The molecular weight excluding hydrogens is 488 g/mol. The van der Waals surface area contributed by atoms with E-state index in [-0.39, 0.29) is 18.1 Å². The number of nitrogens with zero attached hydrogens (tertiary/aromatic N) is 1. The van der Waals surface area contributed by atoms with Crippen molar-refractivity contribution in [2.45, 2.75) is 6.61 Å². The molecule has 7 nitrogen and oxygen atoms in total. The van der Waals surface area contributed by atoms with Crippen LogP contribution in [0.15, 0.2) is 77.7 Å². The Kier molecular flexibility index (Phi) is 7.74. The second-order valence-corrected chi connectivity index (χ2v) is 8.91. The third kappa shape index (κ3) is 6.03. The van der Waals surface area contributed by atoms with Crippen LogP contribution < -0.4 is 14.8 Å². The summed E-state index contributed by atoms with van der Waals surface area (Å²) >= 11 is 6.72. The Hall–Kier alpha value is -3.75. The van der Waals surface area contributed by atoms with E-state index < -0.39 is 17.1 Å². The number of anilines is 1. The summed E-state index contributed by atoms with van der Waals surface area (Å²) < 4.78 is 11.5. The van der Waals surface area contributed by atoms with Gasteiger partial charge in [0.1, 0.15) is 13.2 Å². The first-order valence-corrected chi connectivity index (χ1v) is 11.8. The van der Waals surface area contributed by atoms with Crippen molar-refractivity contribution in [3.8, 4) is 11.5 Å². The van der Waals surface area contributed by atoms with E-state index in [4.69, 9.17) is 21.1 Å². The van der Waals surface area contributed by atoms with Crippen LogP contribution in [0.4, 0.5) is 10.5 Å². The Morgan fingerprint density at radius 2 is 1.77 bits per heavy atom. The van der Waals surface area contributed by atoms with Gasteiger partial charge in [-0.1, -0.05) is 54.1 Å². The summed E-state index contributed by atoms with van der Waals surface area (Å²) in [5.74, 6) is -0.101. The van der Waals surface area contributed by atoms with Gasteiger partial charge in [-0.25, -0.2) is 0 Å². The zero-order valence-corrected chi connectivity index (χ0v) is 20.3. The second-order valence-electron chi connectivity index (χ2n) is 7.48. The number of halogens is 1. The molecule has 3 aromatic carbocycles. The zero-order valence-electron chi connectivity index (χ0n) is 18.7. The van der Waals surface area contributed by atoms with Crippen LogP contribution in [0.3, 0.4) is 0 Å². The standard InChI is InChI=1S/C26H21ClN2O5S/c1-33-21-9-5-6-18(24(21)34-16-17-10-12-19(27)13-11-17)14-22-25(31)29(26(32)35-22)15-23(30)28-20-7-3-2-4-8-20/h2-14H,15-16H2,1H3,(H,28,30)/b22-14+. The number of hydrogen-bond donors (Lipinski definition) is 1. The maximum atomic E-state index is 12.9. The van der Waals surface area contributed by atoms with Crippen molar-refractivity contribution in [1.29, 1.82) is 0 Å². The Balaban J connectivity index is 1.51. The normalized spacial score (nSPS) is 14.3. The minimum Gasteiger partial charge on any atom is -0.493 e. The van der Waals surface area contributed by atoms with Gasteiger partial charge in [0.25, 0.3) is 11.1 Å². The number of carbonyl (C=O) groups is 3. The Morgan fingerprint density at radius 3 is 2.49 bits per heavy atom. The molecule has 178 valence electrons. The predicted molar refractivity (Wildman–Crippen MR) is 137 cm³/mol. The average Bonchev–Trinajstić information content (AvgIpc) is 3.12. The van der Waals surface area contributed by atoms with E-state index in [9.17, 15) is 14.4 Å². The minimum atomic E-state index is -0.547. The van der Waals surface area contributed by atoms with Crippen LogP contribution in [0.1, 0.15) is 11.1 Å². The van der Waals surface area contributed by atoms with E-state index in [1.165, 1.54) is 7.11 Å². The Bertz CT molecular complexity index is 1280. The highest BCUT2D eigenvalue weighted by Gasteiger charge is 2.36. The second kappa shape index (κ2) is 11.1. The van der Waals surface area contributed by atoms with Crippen LogP contribution in [0, 0.1) is 0 Å². The Morgan fingerprint density at radius 1 is 1.03 bits per heavy atom. The number of benzene rings is 3. The van der Waals surface area contributed by atoms with Gasteiger partial charge in [-0.05, 0) is 53.7 Å². The molecule has 1 aliphatic heterocycles.